The number of hydrogen-bond donors (Lipinski definition) is 2. The standard InChI is InChI=1S/C23H22N2O2/c1-17(18-12-14-20(15-13-18)19-8-4-2-5-9-19)25-22(26)16-24-23(27)21-10-6-3-7-11-21/h2-15,17H,16H2,1H3,(H,24,27)(H,25,26). The maximum atomic E-state index is 12.1. The summed E-state index contributed by atoms with van der Waals surface area (Å²) in [5.41, 5.74) is 3.84. The van der Waals surface area contributed by atoms with Crippen LogP contribution in [-0.2, 0) is 4.79 Å². The number of hydrogen-bond acceptors (Lipinski definition) is 2. The normalized spacial score (nSPS) is 11.4. The highest BCUT2D eigenvalue weighted by atomic mass is 16.2. The van der Waals surface area contributed by atoms with Gasteiger partial charge in [-0.25, -0.2) is 0 Å². The third kappa shape index (κ3) is 5.05. The molecule has 0 saturated heterocycles. The molecule has 0 aromatic heterocycles. The lowest BCUT2D eigenvalue weighted by atomic mass is 10.0. The summed E-state index contributed by atoms with van der Waals surface area (Å²) in [5.74, 6) is -0.482. The zero-order valence-corrected chi connectivity index (χ0v) is 15.2. The van der Waals surface area contributed by atoms with E-state index in [2.05, 4.69) is 22.8 Å². The van der Waals surface area contributed by atoms with Crippen LogP contribution in [0, 0.1) is 0 Å². The van der Waals surface area contributed by atoms with E-state index in [0.717, 1.165) is 16.7 Å². The summed E-state index contributed by atoms with van der Waals surface area (Å²) in [7, 11) is 0. The van der Waals surface area contributed by atoms with Gasteiger partial charge in [-0.3, -0.25) is 9.59 Å². The summed E-state index contributed by atoms with van der Waals surface area (Å²) in [6.07, 6.45) is 0. The summed E-state index contributed by atoms with van der Waals surface area (Å²) in [6, 6.07) is 27.0. The third-order valence-electron chi connectivity index (χ3n) is 4.34. The van der Waals surface area contributed by atoms with Crippen molar-refractivity contribution in [3.05, 3.63) is 96.1 Å². The Bertz CT molecular complexity index is 891. The highest BCUT2D eigenvalue weighted by molar-refractivity contribution is 5.96. The van der Waals surface area contributed by atoms with Crippen LogP contribution in [0.15, 0.2) is 84.9 Å². The van der Waals surface area contributed by atoms with Crippen LogP contribution in [0.4, 0.5) is 0 Å². The second-order valence-electron chi connectivity index (χ2n) is 6.33. The van der Waals surface area contributed by atoms with Gasteiger partial charge in [0.05, 0.1) is 12.6 Å². The van der Waals surface area contributed by atoms with Gasteiger partial charge in [-0.05, 0) is 35.7 Å². The molecule has 4 nitrogen and oxygen atoms in total. The van der Waals surface area contributed by atoms with E-state index in [0.29, 0.717) is 5.56 Å². The molecule has 1 atom stereocenters. The molecule has 0 aliphatic heterocycles. The lowest BCUT2D eigenvalue weighted by Gasteiger charge is -2.15. The van der Waals surface area contributed by atoms with Gasteiger partial charge in [-0.15, -0.1) is 0 Å². The van der Waals surface area contributed by atoms with Crippen LogP contribution in [0.1, 0.15) is 28.9 Å². The van der Waals surface area contributed by atoms with Crippen molar-refractivity contribution in [2.45, 2.75) is 13.0 Å². The monoisotopic (exact) mass is 358 g/mol. The molecule has 2 N–H and O–H groups in total. The Balaban J connectivity index is 1.53. The van der Waals surface area contributed by atoms with Crippen LogP contribution in [0.25, 0.3) is 11.1 Å². The average molecular weight is 358 g/mol. The van der Waals surface area contributed by atoms with E-state index in [9.17, 15) is 9.59 Å². The molecule has 0 aliphatic rings. The smallest absolute Gasteiger partial charge is 0.251 e. The Kier molecular flexibility index (Phi) is 6.00. The Morgan fingerprint density at radius 2 is 1.33 bits per heavy atom. The van der Waals surface area contributed by atoms with Crippen LogP contribution in [0.5, 0.6) is 0 Å². The van der Waals surface area contributed by atoms with Gasteiger partial charge in [0, 0.05) is 5.56 Å². The lowest BCUT2D eigenvalue weighted by Crippen LogP contribution is -2.38. The number of carbonyl (C=O) groups excluding carboxylic acids is 2. The fraction of sp³-hybridized carbons (Fsp3) is 0.130. The van der Waals surface area contributed by atoms with Gasteiger partial charge in [-0.1, -0.05) is 72.8 Å². The Morgan fingerprint density at radius 3 is 1.96 bits per heavy atom. The fourth-order valence-electron chi connectivity index (χ4n) is 2.82. The number of carbonyl (C=O) groups is 2. The number of rotatable bonds is 6. The predicted octanol–water partition coefficient (Wildman–Crippen LogP) is 3.96. The molecular formula is C23H22N2O2. The van der Waals surface area contributed by atoms with E-state index < -0.39 is 0 Å². The molecule has 4 heteroatoms. The summed E-state index contributed by atoms with van der Waals surface area (Å²) in [4.78, 5) is 24.1. The molecule has 0 fully saturated rings. The van der Waals surface area contributed by atoms with E-state index in [1.54, 1.807) is 24.3 Å². The lowest BCUT2D eigenvalue weighted by molar-refractivity contribution is -0.120. The van der Waals surface area contributed by atoms with Crippen LogP contribution in [0.2, 0.25) is 0 Å². The van der Waals surface area contributed by atoms with Crippen LogP contribution in [-0.4, -0.2) is 18.4 Å². The molecule has 27 heavy (non-hydrogen) atoms. The Labute approximate surface area is 159 Å². The van der Waals surface area contributed by atoms with Gasteiger partial charge in [0.25, 0.3) is 5.91 Å². The van der Waals surface area contributed by atoms with Gasteiger partial charge in [0.15, 0.2) is 0 Å². The van der Waals surface area contributed by atoms with Crippen molar-refractivity contribution in [2.24, 2.45) is 0 Å². The molecule has 0 radical (unpaired) electrons. The maximum Gasteiger partial charge on any atom is 0.251 e. The molecule has 0 bridgehead atoms. The number of amides is 2. The van der Waals surface area contributed by atoms with Crippen LogP contribution in [0.3, 0.4) is 0 Å². The highest BCUT2D eigenvalue weighted by Crippen LogP contribution is 2.21. The summed E-state index contributed by atoms with van der Waals surface area (Å²) in [5, 5.41) is 5.54. The fourth-order valence-corrected chi connectivity index (χ4v) is 2.82. The van der Waals surface area contributed by atoms with Crippen molar-refractivity contribution in [1.82, 2.24) is 10.6 Å². The molecular weight excluding hydrogens is 336 g/mol. The first kappa shape index (κ1) is 18.4. The second-order valence-corrected chi connectivity index (χ2v) is 6.33. The first-order valence-electron chi connectivity index (χ1n) is 8.91. The molecule has 3 rings (SSSR count). The van der Waals surface area contributed by atoms with Crippen molar-refractivity contribution in [3.8, 4) is 11.1 Å². The zero-order valence-electron chi connectivity index (χ0n) is 15.2. The van der Waals surface area contributed by atoms with Crippen LogP contribution < -0.4 is 10.6 Å². The molecule has 3 aromatic rings. The summed E-state index contributed by atoms with van der Waals surface area (Å²) < 4.78 is 0. The zero-order chi connectivity index (χ0) is 19.1. The van der Waals surface area contributed by atoms with Crippen molar-refractivity contribution in [1.29, 1.82) is 0 Å². The Morgan fingerprint density at radius 1 is 0.778 bits per heavy atom. The summed E-state index contributed by atoms with van der Waals surface area (Å²) >= 11 is 0. The third-order valence-corrected chi connectivity index (χ3v) is 4.34. The molecule has 0 heterocycles. The number of nitrogens with one attached hydrogen (secondary N) is 2. The van der Waals surface area contributed by atoms with E-state index in [1.165, 1.54) is 0 Å². The quantitative estimate of drug-likeness (QED) is 0.701. The molecule has 2 amide bonds. The molecule has 0 saturated carbocycles. The topological polar surface area (TPSA) is 58.2 Å². The first-order chi connectivity index (χ1) is 13.1. The van der Waals surface area contributed by atoms with Gasteiger partial charge < -0.3 is 10.6 Å². The van der Waals surface area contributed by atoms with Crippen LogP contribution >= 0.6 is 0 Å². The molecule has 1 unspecified atom stereocenters. The Hall–Kier alpha value is -3.40. The minimum absolute atomic E-state index is 0.0554. The van der Waals surface area contributed by atoms with E-state index in [4.69, 9.17) is 0 Å². The molecule has 3 aromatic carbocycles. The van der Waals surface area contributed by atoms with Gasteiger partial charge in [-0.2, -0.15) is 0 Å². The molecule has 136 valence electrons. The maximum absolute atomic E-state index is 12.1. The first-order valence-corrected chi connectivity index (χ1v) is 8.91. The number of benzene rings is 3. The predicted molar refractivity (Wildman–Crippen MR) is 107 cm³/mol. The van der Waals surface area contributed by atoms with Gasteiger partial charge >= 0.3 is 0 Å². The molecule has 0 spiro atoms. The van der Waals surface area contributed by atoms with E-state index in [1.807, 2.05) is 55.5 Å². The molecule has 0 aliphatic carbocycles. The SMILES string of the molecule is CC(NC(=O)CNC(=O)c1ccccc1)c1ccc(-c2ccccc2)cc1. The van der Waals surface area contributed by atoms with Gasteiger partial charge in [0.2, 0.25) is 5.91 Å². The van der Waals surface area contributed by atoms with Gasteiger partial charge in [0.1, 0.15) is 0 Å². The van der Waals surface area contributed by atoms with Crippen molar-refractivity contribution in [3.63, 3.8) is 0 Å². The second kappa shape index (κ2) is 8.81. The minimum Gasteiger partial charge on any atom is -0.348 e. The summed E-state index contributed by atoms with van der Waals surface area (Å²) in [6.45, 7) is 1.87. The van der Waals surface area contributed by atoms with Crippen molar-refractivity contribution in [2.75, 3.05) is 6.54 Å². The van der Waals surface area contributed by atoms with E-state index >= 15 is 0 Å². The largest absolute Gasteiger partial charge is 0.348 e. The van der Waals surface area contributed by atoms with E-state index in [-0.39, 0.29) is 24.4 Å². The highest BCUT2D eigenvalue weighted by Gasteiger charge is 2.11. The van der Waals surface area contributed by atoms with Crippen molar-refractivity contribution < 1.29 is 9.59 Å². The average Bonchev–Trinajstić information content (AvgIpc) is 2.73. The minimum atomic E-state index is -0.259. The van der Waals surface area contributed by atoms with Crippen molar-refractivity contribution >= 4 is 11.8 Å².